The molecule has 0 radical (unpaired) electrons. The van der Waals surface area contributed by atoms with E-state index in [-0.39, 0.29) is 17.0 Å². The Morgan fingerprint density at radius 2 is 1.48 bits per heavy atom. The van der Waals surface area contributed by atoms with Crippen molar-refractivity contribution in [3.05, 3.63) is 81.8 Å². The van der Waals surface area contributed by atoms with Gasteiger partial charge in [-0.1, -0.05) is 59.6 Å². The lowest BCUT2D eigenvalue weighted by Crippen LogP contribution is -2.63. The molecule has 1 aliphatic rings. The molecule has 0 aliphatic heterocycles. The van der Waals surface area contributed by atoms with Gasteiger partial charge in [-0.25, -0.2) is 4.79 Å². The number of carboxylic acid groups (broad SMARTS) is 2. The summed E-state index contributed by atoms with van der Waals surface area (Å²) in [5, 5.41) is 24.3. The number of aliphatic carboxylic acids is 2. The van der Waals surface area contributed by atoms with E-state index in [2.05, 4.69) is 10.1 Å². The molecule has 10 nitrogen and oxygen atoms in total. The van der Waals surface area contributed by atoms with E-state index in [0.29, 0.717) is 10.6 Å². The van der Waals surface area contributed by atoms with Crippen LogP contribution in [-0.4, -0.2) is 59.3 Å². The van der Waals surface area contributed by atoms with Crippen molar-refractivity contribution in [3.63, 3.8) is 0 Å². The lowest BCUT2D eigenvalue weighted by molar-refractivity contribution is -0.188. The average molecular weight is 616 g/mol. The minimum Gasteiger partial charge on any atom is -0.481 e. The second-order valence-electron chi connectivity index (χ2n) is 10.1. The van der Waals surface area contributed by atoms with Crippen molar-refractivity contribution < 1.29 is 43.7 Å². The molecule has 220 valence electrons. The molecule has 1 saturated carbocycles. The molecule has 1 fully saturated rings. The average Bonchev–Trinajstić information content (AvgIpc) is 2.93. The molecule has 1 aliphatic carbocycles. The van der Waals surface area contributed by atoms with E-state index in [1.165, 1.54) is 6.92 Å². The highest BCUT2D eigenvalue weighted by atomic mass is 35.5. The molecule has 0 bridgehead atoms. The Morgan fingerprint density at radius 3 is 2.07 bits per heavy atom. The smallest absolute Gasteiger partial charge is 0.338 e. The summed E-state index contributed by atoms with van der Waals surface area (Å²) in [5.74, 6) is -12.0. The molecule has 1 unspecified atom stereocenters. The van der Waals surface area contributed by atoms with Crippen LogP contribution in [-0.2, 0) is 35.1 Å². The first-order valence-electron chi connectivity index (χ1n) is 12.9. The molecule has 12 heteroatoms. The summed E-state index contributed by atoms with van der Waals surface area (Å²) < 4.78 is 10.4. The van der Waals surface area contributed by atoms with Gasteiger partial charge in [0.1, 0.15) is 6.10 Å². The maximum Gasteiger partial charge on any atom is 0.338 e. The number of carbonyl (C=O) groups excluding carboxylic acids is 3. The zero-order chi connectivity index (χ0) is 30.7. The first-order valence-corrected chi connectivity index (χ1v) is 13.7. The third-order valence-electron chi connectivity index (χ3n) is 7.49. The molecule has 0 aromatic heterocycles. The molecule has 1 amide bonds. The van der Waals surface area contributed by atoms with Gasteiger partial charge in [0.2, 0.25) is 5.91 Å². The lowest BCUT2D eigenvalue weighted by atomic mass is 9.56. The fraction of sp³-hybridized carbons (Fsp3) is 0.300. The first-order chi connectivity index (χ1) is 19.9. The van der Waals surface area contributed by atoms with Crippen LogP contribution in [0.3, 0.4) is 0 Å². The molecule has 0 heterocycles. The molecule has 3 aromatic rings. The number of esters is 2. The number of methoxy groups -OCH3 is 1. The minimum atomic E-state index is -1.61. The van der Waals surface area contributed by atoms with Crippen molar-refractivity contribution >= 4 is 63.8 Å². The van der Waals surface area contributed by atoms with Crippen molar-refractivity contribution in [1.82, 2.24) is 5.32 Å². The second kappa shape index (κ2) is 12.8. The number of hydrogen-bond donors (Lipinski definition) is 3. The Labute approximate surface area is 250 Å². The summed E-state index contributed by atoms with van der Waals surface area (Å²) in [5.41, 5.74) is 0.895. The van der Waals surface area contributed by atoms with E-state index in [4.69, 9.17) is 27.9 Å². The number of halogens is 2. The zero-order valence-electron chi connectivity index (χ0n) is 22.5. The van der Waals surface area contributed by atoms with Gasteiger partial charge < -0.3 is 25.0 Å². The molecule has 0 spiro atoms. The van der Waals surface area contributed by atoms with Crippen LogP contribution < -0.4 is 5.32 Å². The van der Waals surface area contributed by atoms with Crippen LogP contribution in [0.15, 0.2) is 60.7 Å². The highest BCUT2D eigenvalue weighted by molar-refractivity contribution is 6.42. The summed E-state index contributed by atoms with van der Waals surface area (Å²) in [6, 6.07) is 16.4. The standard InChI is InChI=1S/C30H27Cl2NO9/c1-14(33-26(34)22-23(27(35)36)25(30(40)41-2)24(22)28(37)38)21(12-15-7-10-19(31)20(32)11-15)42-29(39)18-9-8-16-5-3-4-6-17(16)13-18/h3-11,13-14,21-25H,12H2,1-2H3,(H,33,34)(H,35,36)(H,37,38)/t14-,21?,22?,23+,24+,25?/m1/s1. The van der Waals surface area contributed by atoms with Crippen molar-refractivity contribution in [2.24, 2.45) is 23.7 Å². The van der Waals surface area contributed by atoms with Gasteiger partial charge in [-0.2, -0.15) is 0 Å². The van der Waals surface area contributed by atoms with Gasteiger partial charge in [0.05, 0.1) is 52.4 Å². The third kappa shape index (κ3) is 6.34. The maximum atomic E-state index is 13.3. The van der Waals surface area contributed by atoms with Gasteiger partial charge in [-0.05, 0) is 47.5 Å². The van der Waals surface area contributed by atoms with Crippen molar-refractivity contribution in [2.75, 3.05) is 7.11 Å². The van der Waals surface area contributed by atoms with Crippen LogP contribution in [0.4, 0.5) is 0 Å². The van der Waals surface area contributed by atoms with Gasteiger partial charge in [-0.3, -0.25) is 19.2 Å². The molecule has 3 aromatic carbocycles. The summed E-state index contributed by atoms with van der Waals surface area (Å²) in [6.45, 7) is 1.54. The van der Waals surface area contributed by atoms with Crippen LogP contribution in [0.5, 0.6) is 0 Å². The number of carbonyl (C=O) groups is 5. The monoisotopic (exact) mass is 615 g/mol. The van der Waals surface area contributed by atoms with E-state index < -0.39 is 65.6 Å². The Balaban J connectivity index is 1.59. The summed E-state index contributed by atoms with van der Waals surface area (Å²) in [6.07, 6.45) is -0.911. The number of ether oxygens (including phenoxy) is 2. The molecule has 4 rings (SSSR count). The summed E-state index contributed by atoms with van der Waals surface area (Å²) in [7, 11) is 1.01. The largest absolute Gasteiger partial charge is 0.481 e. The van der Waals surface area contributed by atoms with Gasteiger partial charge in [-0.15, -0.1) is 0 Å². The number of nitrogens with one attached hydrogen (secondary N) is 1. The summed E-state index contributed by atoms with van der Waals surface area (Å²) in [4.78, 5) is 62.6. The molecular formula is C30H27Cl2NO9. The SMILES string of the molecule is COC(=O)C1[C@@H](C(=O)O)C(C(=O)N[C@H](C)C(Cc2ccc(Cl)c(Cl)c2)OC(=O)c2ccc3ccccc3c2)[C@@H]1C(=O)O. The zero-order valence-corrected chi connectivity index (χ0v) is 24.0. The number of rotatable bonds is 10. The second-order valence-corrected chi connectivity index (χ2v) is 10.9. The van der Waals surface area contributed by atoms with Crippen molar-refractivity contribution in [2.45, 2.75) is 25.5 Å². The molecular weight excluding hydrogens is 589 g/mol. The predicted molar refractivity (Wildman–Crippen MR) is 152 cm³/mol. The van der Waals surface area contributed by atoms with Crippen LogP contribution in [0, 0.1) is 23.7 Å². The highest BCUT2D eigenvalue weighted by Crippen LogP contribution is 2.47. The van der Waals surface area contributed by atoms with Crippen LogP contribution in [0.1, 0.15) is 22.8 Å². The number of amides is 1. The van der Waals surface area contributed by atoms with E-state index in [1.807, 2.05) is 24.3 Å². The molecule has 42 heavy (non-hydrogen) atoms. The van der Waals surface area contributed by atoms with E-state index in [0.717, 1.165) is 17.9 Å². The van der Waals surface area contributed by atoms with Crippen LogP contribution in [0.2, 0.25) is 10.0 Å². The molecule has 4 atom stereocenters. The van der Waals surface area contributed by atoms with Crippen LogP contribution in [0.25, 0.3) is 10.8 Å². The Hall–Kier alpha value is -4.15. The minimum absolute atomic E-state index is 0.0812. The van der Waals surface area contributed by atoms with Gasteiger partial charge in [0.25, 0.3) is 0 Å². The fourth-order valence-corrected chi connectivity index (χ4v) is 5.59. The maximum absolute atomic E-state index is 13.3. The van der Waals surface area contributed by atoms with E-state index >= 15 is 0 Å². The lowest BCUT2D eigenvalue weighted by Gasteiger charge is -2.45. The number of hydrogen-bond acceptors (Lipinski definition) is 7. The fourth-order valence-electron chi connectivity index (χ4n) is 5.27. The van der Waals surface area contributed by atoms with Crippen molar-refractivity contribution in [1.29, 1.82) is 0 Å². The third-order valence-corrected chi connectivity index (χ3v) is 8.23. The Bertz CT molecular complexity index is 1540. The topological polar surface area (TPSA) is 156 Å². The van der Waals surface area contributed by atoms with Gasteiger partial charge >= 0.3 is 23.9 Å². The van der Waals surface area contributed by atoms with E-state index in [1.54, 1.807) is 36.4 Å². The number of carboxylic acids is 2. The molecule has 0 saturated heterocycles. The van der Waals surface area contributed by atoms with Gasteiger partial charge in [0.15, 0.2) is 0 Å². The van der Waals surface area contributed by atoms with Crippen molar-refractivity contribution in [3.8, 4) is 0 Å². The Morgan fingerprint density at radius 1 is 0.833 bits per heavy atom. The van der Waals surface area contributed by atoms with E-state index in [9.17, 15) is 34.2 Å². The number of fused-ring (bicyclic) bond motifs is 1. The molecule has 3 N–H and O–H groups in total. The normalized spacial score (nSPS) is 21.0. The Kier molecular flexibility index (Phi) is 9.38. The highest BCUT2D eigenvalue weighted by Gasteiger charge is 2.64. The summed E-state index contributed by atoms with van der Waals surface area (Å²) >= 11 is 12.2. The number of benzene rings is 3. The predicted octanol–water partition coefficient (Wildman–Crippen LogP) is 4.24. The van der Waals surface area contributed by atoms with Crippen LogP contribution >= 0.6 is 23.2 Å². The first kappa shape index (κ1) is 30.8. The van der Waals surface area contributed by atoms with Gasteiger partial charge in [0, 0.05) is 6.42 Å². The quantitative estimate of drug-likeness (QED) is 0.284.